The van der Waals surface area contributed by atoms with Crippen molar-refractivity contribution in [3.8, 4) is 17.2 Å². The molecule has 0 aromatic heterocycles. The summed E-state index contributed by atoms with van der Waals surface area (Å²) in [6.07, 6.45) is 0. The van der Waals surface area contributed by atoms with Crippen LogP contribution in [-0.2, 0) is 10.0 Å². The van der Waals surface area contributed by atoms with Crippen molar-refractivity contribution in [1.82, 2.24) is 10.9 Å². The van der Waals surface area contributed by atoms with E-state index in [0.29, 0.717) is 22.9 Å². The lowest BCUT2D eigenvalue weighted by Gasteiger charge is -2.20. The summed E-state index contributed by atoms with van der Waals surface area (Å²) in [4.78, 5) is 25.0. The third kappa shape index (κ3) is 5.82. The average Bonchev–Trinajstić information content (AvgIpc) is 2.90. The maximum absolute atomic E-state index is 13.1. The van der Waals surface area contributed by atoms with Gasteiger partial charge in [-0.3, -0.25) is 24.7 Å². The zero-order chi connectivity index (χ0) is 25.6. The molecule has 2 amide bonds. The Hall–Kier alpha value is -4.25. The van der Waals surface area contributed by atoms with Crippen molar-refractivity contribution in [3.63, 3.8) is 0 Å². The predicted octanol–water partition coefficient (Wildman–Crippen LogP) is 2.61. The lowest BCUT2D eigenvalue weighted by atomic mass is 10.2. The van der Waals surface area contributed by atoms with Crippen LogP contribution in [0.15, 0.2) is 71.6 Å². The van der Waals surface area contributed by atoms with Crippen molar-refractivity contribution in [1.29, 1.82) is 0 Å². The van der Waals surface area contributed by atoms with Crippen LogP contribution in [-0.4, -0.2) is 48.6 Å². The molecule has 10 nitrogen and oxygen atoms in total. The fraction of sp³-hybridized carbons (Fsp3) is 0.167. The smallest absolute Gasteiger partial charge is 0.269 e. The zero-order valence-electron chi connectivity index (χ0n) is 19.6. The Bertz CT molecular complexity index is 1300. The highest BCUT2D eigenvalue weighted by atomic mass is 32.2. The highest BCUT2D eigenvalue weighted by Crippen LogP contribution is 2.25. The normalized spacial score (nSPS) is 10.7. The van der Waals surface area contributed by atoms with Gasteiger partial charge in [-0.25, -0.2) is 8.42 Å². The summed E-state index contributed by atoms with van der Waals surface area (Å²) >= 11 is 0. The van der Waals surface area contributed by atoms with Crippen LogP contribution in [0.4, 0.5) is 5.69 Å². The molecule has 11 heteroatoms. The highest BCUT2D eigenvalue weighted by molar-refractivity contribution is 7.92. The monoisotopic (exact) mass is 499 g/mol. The van der Waals surface area contributed by atoms with Crippen molar-refractivity contribution in [2.75, 3.05) is 32.7 Å². The summed E-state index contributed by atoms with van der Waals surface area (Å²) in [5, 5.41) is 0. The predicted molar refractivity (Wildman–Crippen MR) is 130 cm³/mol. The van der Waals surface area contributed by atoms with Gasteiger partial charge in [0, 0.05) is 24.2 Å². The fourth-order valence-corrected chi connectivity index (χ4v) is 4.33. The second-order valence-corrected chi connectivity index (χ2v) is 9.18. The molecule has 0 atom stereocenters. The van der Waals surface area contributed by atoms with Crippen LogP contribution in [0.5, 0.6) is 17.2 Å². The second kappa shape index (κ2) is 10.8. The molecule has 0 bridgehead atoms. The van der Waals surface area contributed by atoms with Gasteiger partial charge in [-0.1, -0.05) is 6.07 Å². The molecule has 0 aliphatic rings. The molecule has 35 heavy (non-hydrogen) atoms. The summed E-state index contributed by atoms with van der Waals surface area (Å²) in [6.45, 7) is 0. The zero-order valence-corrected chi connectivity index (χ0v) is 20.4. The summed E-state index contributed by atoms with van der Waals surface area (Å²) in [7, 11) is 1.86. The minimum atomic E-state index is -3.96. The fourth-order valence-electron chi connectivity index (χ4n) is 3.08. The summed E-state index contributed by atoms with van der Waals surface area (Å²) in [6, 6.07) is 16.5. The second-order valence-electron chi connectivity index (χ2n) is 7.21. The van der Waals surface area contributed by atoms with Gasteiger partial charge in [0.25, 0.3) is 21.8 Å². The topological polar surface area (TPSA) is 123 Å². The van der Waals surface area contributed by atoms with E-state index in [4.69, 9.17) is 14.2 Å². The largest absolute Gasteiger partial charge is 0.497 e. The van der Waals surface area contributed by atoms with Crippen molar-refractivity contribution >= 4 is 27.5 Å². The third-order valence-corrected chi connectivity index (χ3v) is 6.88. The van der Waals surface area contributed by atoms with Gasteiger partial charge in [-0.05, 0) is 54.6 Å². The van der Waals surface area contributed by atoms with Crippen molar-refractivity contribution < 1.29 is 32.2 Å². The highest BCUT2D eigenvalue weighted by Gasteiger charge is 2.23. The van der Waals surface area contributed by atoms with Gasteiger partial charge in [0.2, 0.25) is 0 Å². The number of methoxy groups -OCH3 is 3. The number of rotatable bonds is 8. The third-order valence-electron chi connectivity index (χ3n) is 5.09. The quantitative estimate of drug-likeness (QED) is 0.457. The molecule has 2 N–H and O–H groups in total. The van der Waals surface area contributed by atoms with E-state index >= 15 is 0 Å². The molecule has 3 rings (SSSR count). The Labute approximate surface area is 203 Å². The number of hydrogen-bond acceptors (Lipinski definition) is 7. The Morgan fingerprint density at radius 3 is 1.80 bits per heavy atom. The molecule has 0 radical (unpaired) electrons. The summed E-state index contributed by atoms with van der Waals surface area (Å²) in [5.74, 6) is 0.0861. The van der Waals surface area contributed by atoms with Gasteiger partial charge >= 0.3 is 0 Å². The van der Waals surface area contributed by atoms with Gasteiger partial charge in [0.1, 0.15) is 17.2 Å². The Morgan fingerprint density at radius 1 is 0.714 bits per heavy atom. The average molecular weight is 500 g/mol. The van der Waals surface area contributed by atoms with Crippen LogP contribution in [0.25, 0.3) is 0 Å². The standard InChI is InChI=1S/C24H25N3O7S/c1-27(18-8-10-19(32-2)11-9-18)35(30,31)22-7-5-6-16(14-22)23(28)25-26-24(29)17-12-20(33-3)15-21(13-17)34-4/h5-15H,1-4H3,(H,25,28)(H,26,29). The minimum Gasteiger partial charge on any atom is -0.497 e. The first kappa shape index (κ1) is 25.4. The number of sulfonamides is 1. The Balaban J connectivity index is 1.74. The number of nitrogens with one attached hydrogen (secondary N) is 2. The number of amides is 2. The van der Waals surface area contributed by atoms with Crippen molar-refractivity contribution in [2.24, 2.45) is 0 Å². The first-order valence-electron chi connectivity index (χ1n) is 10.3. The number of hydrogen-bond donors (Lipinski definition) is 2. The van der Waals surface area contributed by atoms with E-state index in [0.717, 1.165) is 4.31 Å². The summed E-state index contributed by atoms with van der Waals surface area (Å²) < 4.78 is 42.7. The maximum Gasteiger partial charge on any atom is 0.269 e. The van der Waals surface area contributed by atoms with E-state index in [2.05, 4.69) is 10.9 Å². The molecule has 0 aliphatic carbocycles. The van der Waals surface area contributed by atoms with Crippen LogP contribution >= 0.6 is 0 Å². The number of carbonyl (C=O) groups excluding carboxylic acids is 2. The number of ether oxygens (including phenoxy) is 3. The van der Waals surface area contributed by atoms with Gasteiger partial charge in [0.05, 0.1) is 31.9 Å². The van der Waals surface area contributed by atoms with E-state index in [1.807, 2.05) is 0 Å². The van der Waals surface area contributed by atoms with Crippen LogP contribution in [0, 0.1) is 0 Å². The molecular formula is C24H25N3O7S. The van der Waals surface area contributed by atoms with E-state index in [1.165, 1.54) is 64.8 Å². The molecule has 184 valence electrons. The molecule has 0 fully saturated rings. The van der Waals surface area contributed by atoms with E-state index in [1.54, 1.807) is 30.3 Å². The van der Waals surface area contributed by atoms with Crippen molar-refractivity contribution in [3.05, 3.63) is 77.9 Å². The van der Waals surface area contributed by atoms with Crippen LogP contribution in [0.3, 0.4) is 0 Å². The van der Waals surface area contributed by atoms with Gasteiger partial charge in [0.15, 0.2) is 0 Å². The van der Waals surface area contributed by atoms with Crippen LogP contribution < -0.4 is 29.4 Å². The Kier molecular flexibility index (Phi) is 7.82. The molecule has 0 spiro atoms. The first-order chi connectivity index (χ1) is 16.7. The lowest BCUT2D eigenvalue weighted by molar-refractivity contribution is 0.0846. The molecular weight excluding hydrogens is 474 g/mol. The number of anilines is 1. The maximum atomic E-state index is 13.1. The number of nitrogens with zero attached hydrogens (tertiary/aromatic N) is 1. The van der Waals surface area contributed by atoms with E-state index in [-0.39, 0.29) is 16.0 Å². The minimum absolute atomic E-state index is 0.0396. The molecule has 0 unspecified atom stereocenters. The lowest BCUT2D eigenvalue weighted by Crippen LogP contribution is -2.41. The number of benzene rings is 3. The van der Waals surface area contributed by atoms with Gasteiger partial charge in [-0.2, -0.15) is 0 Å². The number of hydrazine groups is 1. The molecule has 0 saturated carbocycles. The van der Waals surface area contributed by atoms with Crippen LogP contribution in [0.2, 0.25) is 0 Å². The van der Waals surface area contributed by atoms with Crippen molar-refractivity contribution in [2.45, 2.75) is 4.90 Å². The molecule has 3 aromatic rings. The molecule has 0 heterocycles. The summed E-state index contributed by atoms with van der Waals surface area (Å²) in [5.41, 5.74) is 5.23. The van der Waals surface area contributed by atoms with Gasteiger partial charge < -0.3 is 14.2 Å². The van der Waals surface area contributed by atoms with E-state index < -0.39 is 21.8 Å². The SMILES string of the molecule is COc1ccc(N(C)S(=O)(=O)c2cccc(C(=O)NNC(=O)c3cc(OC)cc(OC)c3)c2)cc1. The Morgan fingerprint density at radius 2 is 1.26 bits per heavy atom. The van der Waals surface area contributed by atoms with E-state index in [9.17, 15) is 18.0 Å². The van der Waals surface area contributed by atoms with Gasteiger partial charge in [-0.15, -0.1) is 0 Å². The number of carbonyl (C=O) groups is 2. The molecule has 3 aromatic carbocycles. The first-order valence-corrected chi connectivity index (χ1v) is 11.7. The molecule has 0 aliphatic heterocycles. The molecule has 0 saturated heterocycles. The van der Waals surface area contributed by atoms with Crippen LogP contribution in [0.1, 0.15) is 20.7 Å².